The van der Waals surface area contributed by atoms with Gasteiger partial charge in [0.25, 0.3) is 5.91 Å². The predicted octanol–water partition coefficient (Wildman–Crippen LogP) is 1.76. The van der Waals surface area contributed by atoms with Crippen molar-refractivity contribution in [2.75, 3.05) is 0 Å². The molecular formula is C17H14N4O3. The van der Waals surface area contributed by atoms with Gasteiger partial charge in [-0.15, -0.1) is 0 Å². The molecule has 0 aliphatic heterocycles. The Kier molecular flexibility index (Phi) is 3.83. The highest BCUT2D eigenvalue weighted by Gasteiger charge is 2.14. The minimum absolute atomic E-state index is 0.0547. The van der Waals surface area contributed by atoms with Gasteiger partial charge in [0, 0.05) is 17.5 Å². The number of amides is 1. The van der Waals surface area contributed by atoms with Crippen molar-refractivity contribution in [2.24, 2.45) is 5.73 Å². The first kappa shape index (κ1) is 15.4. The molecule has 0 aliphatic carbocycles. The fraction of sp³-hybridized carbons (Fsp3) is 0.0588. The van der Waals surface area contributed by atoms with Crippen LogP contribution in [0.4, 0.5) is 0 Å². The number of pyridine rings is 2. The summed E-state index contributed by atoms with van der Waals surface area (Å²) in [6.45, 7) is 1.83. The topological polar surface area (TPSA) is 111 Å². The average molecular weight is 322 g/mol. The third kappa shape index (κ3) is 2.87. The van der Waals surface area contributed by atoms with E-state index >= 15 is 0 Å². The van der Waals surface area contributed by atoms with E-state index in [-0.39, 0.29) is 11.3 Å². The normalized spacial score (nSPS) is 11.6. The van der Waals surface area contributed by atoms with E-state index in [9.17, 15) is 14.7 Å². The second kappa shape index (κ2) is 5.96. The van der Waals surface area contributed by atoms with Gasteiger partial charge < -0.3 is 10.8 Å². The van der Waals surface area contributed by atoms with Crippen molar-refractivity contribution in [3.63, 3.8) is 0 Å². The van der Waals surface area contributed by atoms with Gasteiger partial charge in [0.1, 0.15) is 11.3 Å². The molecule has 3 N–H and O–H groups in total. The molecule has 0 aromatic carbocycles. The molecule has 0 spiro atoms. The summed E-state index contributed by atoms with van der Waals surface area (Å²) in [4.78, 5) is 31.5. The van der Waals surface area contributed by atoms with Crippen molar-refractivity contribution in [3.05, 3.63) is 65.4 Å². The number of rotatable bonds is 4. The highest BCUT2D eigenvalue weighted by atomic mass is 16.4. The maximum atomic E-state index is 11.7. The summed E-state index contributed by atoms with van der Waals surface area (Å²) in [5, 5.41) is 9.55. The molecule has 0 fully saturated rings. The Morgan fingerprint density at radius 1 is 1.25 bits per heavy atom. The number of carboxylic acids is 1. The number of primary amides is 1. The summed E-state index contributed by atoms with van der Waals surface area (Å²) in [5.74, 6) is -1.74. The highest BCUT2D eigenvalue weighted by Crippen LogP contribution is 2.20. The zero-order chi connectivity index (χ0) is 17.3. The summed E-state index contributed by atoms with van der Waals surface area (Å²) in [6.07, 6.45) is 4.36. The van der Waals surface area contributed by atoms with Crippen LogP contribution < -0.4 is 5.73 Å². The van der Waals surface area contributed by atoms with Crippen LogP contribution >= 0.6 is 0 Å². The first-order valence-corrected chi connectivity index (χ1v) is 7.11. The highest BCUT2D eigenvalue weighted by molar-refractivity contribution is 6.20. The largest absolute Gasteiger partial charge is 0.478 e. The monoisotopic (exact) mass is 322 g/mol. The number of hydrogen-bond acceptors (Lipinski definition) is 4. The molecule has 7 heteroatoms. The number of carbonyl (C=O) groups excluding carboxylic acids is 1. The molecular weight excluding hydrogens is 308 g/mol. The molecule has 3 aromatic rings. The predicted molar refractivity (Wildman–Crippen MR) is 88.2 cm³/mol. The molecule has 3 aromatic heterocycles. The van der Waals surface area contributed by atoms with Crippen molar-refractivity contribution in [2.45, 2.75) is 6.92 Å². The van der Waals surface area contributed by atoms with Crippen LogP contribution in [0.15, 0.2) is 42.7 Å². The molecule has 0 saturated carbocycles. The lowest BCUT2D eigenvalue weighted by Crippen LogP contribution is -2.13. The summed E-state index contributed by atoms with van der Waals surface area (Å²) in [6, 6.07) is 8.61. The smallest absolute Gasteiger partial charge is 0.336 e. The Morgan fingerprint density at radius 3 is 2.71 bits per heavy atom. The van der Waals surface area contributed by atoms with E-state index in [1.54, 1.807) is 24.3 Å². The van der Waals surface area contributed by atoms with E-state index in [4.69, 9.17) is 5.73 Å². The van der Waals surface area contributed by atoms with Gasteiger partial charge in [-0.25, -0.2) is 9.78 Å². The van der Waals surface area contributed by atoms with Gasteiger partial charge in [-0.2, -0.15) is 0 Å². The number of nitrogens with two attached hydrogens (primary N) is 1. The molecule has 0 atom stereocenters. The van der Waals surface area contributed by atoms with Crippen molar-refractivity contribution in [1.29, 1.82) is 0 Å². The Hall–Kier alpha value is -3.48. The quantitative estimate of drug-likeness (QED) is 0.711. The molecule has 0 unspecified atom stereocenters. The lowest BCUT2D eigenvalue weighted by molar-refractivity contribution is -0.130. The Bertz CT molecular complexity index is 988. The molecule has 0 saturated heterocycles. The van der Waals surface area contributed by atoms with Crippen molar-refractivity contribution < 1.29 is 14.7 Å². The van der Waals surface area contributed by atoms with Crippen LogP contribution in [0.25, 0.3) is 17.3 Å². The number of imidazole rings is 1. The SMILES string of the molecule is Cc1cccc(/C=C(/C(=O)O)c2ccc3ncc(C(N)=O)n3c2)n1. The minimum Gasteiger partial charge on any atom is -0.478 e. The molecule has 7 nitrogen and oxygen atoms in total. The minimum atomic E-state index is -1.10. The van der Waals surface area contributed by atoms with Crippen LogP contribution in [0.2, 0.25) is 0 Å². The molecule has 3 heterocycles. The maximum absolute atomic E-state index is 11.7. The first-order valence-electron chi connectivity index (χ1n) is 7.11. The van der Waals surface area contributed by atoms with E-state index in [0.29, 0.717) is 16.9 Å². The second-order valence-electron chi connectivity index (χ2n) is 5.22. The number of aliphatic carboxylic acids is 1. The summed E-state index contributed by atoms with van der Waals surface area (Å²) < 4.78 is 1.47. The number of carbonyl (C=O) groups is 2. The van der Waals surface area contributed by atoms with Gasteiger partial charge in [0.05, 0.1) is 17.5 Å². The molecule has 24 heavy (non-hydrogen) atoms. The van der Waals surface area contributed by atoms with Gasteiger partial charge in [0.15, 0.2) is 0 Å². The first-order chi connectivity index (χ1) is 11.5. The fourth-order valence-corrected chi connectivity index (χ4v) is 2.38. The fourth-order valence-electron chi connectivity index (χ4n) is 2.38. The van der Waals surface area contributed by atoms with Gasteiger partial charge in [0.2, 0.25) is 0 Å². The lowest BCUT2D eigenvalue weighted by atomic mass is 10.1. The zero-order valence-electron chi connectivity index (χ0n) is 12.8. The number of fused-ring (bicyclic) bond motifs is 1. The Balaban J connectivity index is 2.15. The maximum Gasteiger partial charge on any atom is 0.336 e. The van der Waals surface area contributed by atoms with E-state index < -0.39 is 11.9 Å². The van der Waals surface area contributed by atoms with Crippen LogP contribution in [0.3, 0.4) is 0 Å². The van der Waals surface area contributed by atoms with Crippen LogP contribution in [0.1, 0.15) is 27.4 Å². The van der Waals surface area contributed by atoms with Crippen LogP contribution in [-0.2, 0) is 4.79 Å². The molecule has 0 aliphatic rings. The van der Waals surface area contributed by atoms with E-state index in [1.807, 2.05) is 13.0 Å². The third-order valence-electron chi connectivity index (χ3n) is 3.50. The van der Waals surface area contributed by atoms with Crippen molar-refractivity contribution in [3.8, 4) is 0 Å². The Labute approximate surface area is 137 Å². The lowest BCUT2D eigenvalue weighted by Gasteiger charge is -2.06. The number of carboxylic acid groups (broad SMARTS) is 1. The molecule has 0 bridgehead atoms. The molecule has 0 radical (unpaired) electrons. The summed E-state index contributed by atoms with van der Waals surface area (Å²) in [5.41, 5.74) is 7.79. The van der Waals surface area contributed by atoms with Crippen LogP contribution in [0.5, 0.6) is 0 Å². The third-order valence-corrected chi connectivity index (χ3v) is 3.50. The standard InChI is InChI=1S/C17H14N4O3/c1-10-3-2-4-12(20-10)7-13(17(23)24)11-5-6-15-19-8-14(16(18)22)21(15)9-11/h2-9H,1H3,(H2,18,22)(H,23,24)/b13-7+. The van der Waals surface area contributed by atoms with Gasteiger partial charge >= 0.3 is 5.97 Å². The van der Waals surface area contributed by atoms with E-state index in [2.05, 4.69) is 9.97 Å². The summed E-state index contributed by atoms with van der Waals surface area (Å²) >= 11 is 0. The van der Waals surface area contributed by atoms with E-state index in [0.717, 1.165) is 5.69 Å². The number of aromatic nitrogens is 3. The Morgan fingerprint density at radius 2 is 2.04 bits per heavy atom. The van der Waals surface area contributed by atoms with Gasteiger partial charge in [-0.3, -0.25) is 14.2 Å². The molecule has 120 valence electrons. The van der Waals surface area contributed by atoms with Gasteiger partial charge in [-0.05, 0) is 37.3 Å². The molecule has 1 amide bonds. The number of hydrogen-bond donors (Lipinski definition) is 2. The molecule has 3 rings (SSSR count). The van der Waals surface area contributed by atoms with Gasteiger partial charge in [-0.1, -0.05) is 6.07 Å². The van der Waals surface area contributed by atoms with Crippen LogP contribution in [0, 0.1) is 6.92 Å². The van der Waals surface area contributed by atoms with E-state index in [1.165, 1.54) is 22.9 Å². The second-order valence-corrected chi connectivity index (χ2v) is 5.22. The van der Waals surface area contributed by atoms with Crippen LogP contribution in [-0.4, -0.2) is 31.4 Å². The zero-order valence-corrected chi connectivity index (χ0v) is 12.8. The van der Waals surface area contributed by atoms with Crippen molar-refractivity contribution in [1.82, 2.24) is 14.4 Å². The summed E-state index contributed by atoms with van der Waals surface area (Å²) in [7, 11) is 0. The van der Waals surface area contributed by atoms with Crippen molar-refractivity contribution >= 4 is 29.2 Å². The number of aryl methyl sites for hydroxylation is 1. The average Bonchev–Trinajstić information content (AvgIpc) is 2.95. The number of nitrogens with zero attached hydrogens (tertiary/aromatic N) is 3.